The topological polar surface area (TPSA) is 98.7 Å². The van der Waals surface area contributed by atoms with Crippen LogP contribution in [0.1, 0.15) is 0 Å². The van der Waals surface area contributed by atoms with Crippen LogP contribution in [0, 0.1) is 0 Å². The smallest absolute Gasteiger partial charge is 0.343 e. The second-order valence-corrected chi connectivity index (χ2v) is 3.37. The average molecular weight is 235 g/mol. The molecular weight excluding hydrogens is 226 g/mol. The van der Waals surface area contributed by atoms with Crippen molar-refractivity contribution in [3.8, 4) is 0 Å². The van der Waals surface area contributed by atoms with Crippen LogP contribution in [0.3, 0.4) is 0 Å². The molecule has 0 radical (unpaired) electrons. The highest BCUT2D eigenvalue weighted by molar-refractivity contribution is 6.13. The molecule has 1 aromatic carbocycles. The van der Waals surface area contributed by atoms with Gasteiger partial charge in [-0.3, -0.25) is 10.1 Å². The monoisotopic (exact) mass is 235 g/mol. The lowest BCUT2D eigenvalue weighted by atomic mass is 10.2. The second-order valence-electron chi connectivity index (χ2n) is 3.37. The fourth-order valence-corrected chi connectivity index (χ4v) is 1.42. The van der Waals surface area contributed by atoms with Crippen LogP contribution in [-0.2, 0) is 9.59 Å². The van der Waals surface area contributed by atoms with E-state index in [1.54, 1.807) is 30.3 Å². The quantitative estimate of drug-likeness (QED) is 0.611. The van der Waals surface area contributed by atoms with E-state index in [2.05, 4.69) is 5.43 Å². The minimum atomic E-state index is -1.48. The number of nitrogens with zero attached hydrogens (tertiary/aromatic N) is 1. The molecule has 0 aromatic heterocycles. The molecule has 0 spiro atoms. The van der Waals surface area contributed by atoms with Crippen LogP contribution in [0.4, 0.5) is 10.5 Å². The first kappa shape index (κ1) is 11.1. The largest absolute Gasteiger partial charge is 0.480 e. The minimum Gasteiger partial charge on any atom is -0.480 e. The molecule has 1 aliphatic rings. The van der Waals surface area contributed by atoms with Crippen LogP contribution in [-0.4, -0.2) is 29.1 Å². The first-order chi connectivity index (χ1) is 8.09. The van der Waals surface area contributed by atoms with Gasteiger partial charge in [-0.15, -0.1) is 0 Å². The van der Waals surface area contributed by atoms with Gasteiger partial charge in [0.15, 0.2) is 0 Å². The summed E-state index contributed by atoms with van der Waals surface area (Å²) in [6.07, 6.45) is 0. The van der Waals surface area contributed by atoms with Gasteiger partial charge in [-0.25, -0.2) is 20.0 Å². The zero-order valence-corrected chi connectivity index (χ0v) is 8.58. The van der Waals surface area contributed by atoms with Gasteiger partial charge >= 0.3 is 12.0 Å². The first-order valence-electron chi connectivity index (χ1n) is 4.78. The number of nitrogens with one attached hydrogen (secondary N) is 2. The number of anilines is 1. The summed E-state index contributed by atoms with van der Waals surface area (Å²) in [5, 5.41) is 11.7. The van der Waals surface area contributed by atoms with Crippen molar-refractivity contribution in [1.29, 1.82) is 0 Å². The van der Waals surface area contributed by atoms with Crippen LogP contribution in [0.15, 0.2) is 30.3 Å². The summed E-state index contributed by atoms with van der Waals surface area (Å²) in [5.41, 5.74) is 2.79. The van der Waals surface area contributed by atoms with E-state index in [0.29, 0.717) is 5.69 Å². The van der Waals surface area contributed by atoms with Gasteiger partial charge in [0.2, 0.25) is 6.04 Å². The van der Waals surface area contributed by atoms with Crippen LogP contribution < -0.4 is 15.8 Å². The van der Waals surface area contributed by atoms with Crippen LogP contribution in [0.25, 0.3) is 0 Å². The Bertz CT molecular complexity index is 474. The number of hydrogen-bond donors (Lipinski definition) is 3. The van der Waals surface area contributed by atoms with Gasteiger partial charge in [0.1, 0.15) is 0 Å². The number of aliphatic carboxylic acids is 1. The normalized spacial score (nSPS) is 20.0. The number of hydrazine groups is 1. The zero-order valence-electron chi connectivity index (χ0n) is 8.58. The maximum absolute atomic E-state index is 11.5. The second kappa shape index (κ2) is 4.22. The summed E-state index contributed by atoms with van der Waals surface area (Å²) < 4.78 is 0. The number of urea groups is 1. The van der Waals surface area contributed by atoms with E-state index in [-0.39, 0.29) is 0 Å². The number of carboxylic acid groups (broad SMARTS) is 1. The number of carbonyl (C=O) groups excluding carboxylic acids is 2. The van der Waals surface area contributed by atoms with Gasteiger partial charge in [0, 0.05) is 0 Å². The first-order valence-corrected chi connectivity index (χ1v) is 4.78. The van der Waals surface area contributed by atoms with Crippen molar-refractivity contribution < 1.29 is 19.5 Å². The Morgan fingerprint density at radius 2 is 1.88 bits per heavy atom. The third-order valence-electron chi connectivity index (χ3n) is 2.21. The highest BCUT2D eigenvalue weighted by Gasteiger charge is 2.37. The van der Waals surface area contributed by atoms with Gasteiger partial charge in [0.25, 0.3) is 5.91 Å². The third kappa shape index (κ3) is 2.08. The molecule has 1 heterocycles. The molecule has 7 nitrogen and oxygen atoms in total. The molecule has 2 rings (SSSR count). The van der Waals surface area contributed by atoms with E-state index in [0.717, 1.165) is 5.01 Å². The molecule has 7 heteroatoms. The van der Waals surface area contributed by atoms with Gasteiger partial charge in [-0.2, -0.15) is 0 Å². The summed E-state index contributed by atoms with van der Waals surface area (Å²) in [4.78, 5) is 33.5. The summed E-state index contributed by atoms with van der Waals surface area (Å²) in [6, 6.07) is 6.17. The Kier molecular flexibility index (Phi) is 2.75. The fraction of sp³-hybridized carbons (Fsp3) is 0.100. The molecule has 1 fully saturated rings. The number of carboxylic acids is 1. The molecule has 0 saturated carbocycles. The highest BCUT2D eigenvalue weighted by Crippen LogP contribution is 2.13. The van der Waals surface area contributed by atoms with Crippen LogP contribution in [0.5, 0.6) is 0 Å². The Balaban J connectivity index is 2.27. The van der Waals surface area contributed by atoms with Crippen molar-refractivity contribution in [3.63, 3.8) is 0 Å². The molecule has 17 heavy (non-hydrogen) atoms. The number of rotatable bonds is 2. The van der Waals surface area contributed by atoms with Crippen molar-refractivity contribution in [3.05, 3.63) is 30.3 Å². The average Bonchev–Trinajstić information content (AvgIpc) is 2.29. The highest BCUT2D eigenvalue weighted by atomic mass is 16.4. The van der Waals surface area contributed by atoms with Crippen LogP contribution >= 0.6 is 0 Å². The lowest BCUT2D eigenvalue weighted by Gasteiger charge is -2.30. The summed E-state index contributed by atoms with van der Waals surface area (Å²) in [6.45, 7) is 0. The molecule has 88 valence electrons. The van der Waals surface area contributed by atoms with Crippen molar-refractivity contribution in [2.45, 2.75) is 6.04 Å². The maximum atomic E-state index is 11.5. The fourth-order valence-electron chi connectivity index (χ4n) is 1.42. The predicted octanol–water partition coefficient (Wildman–Crippen LogP) is -0.299. The van der Waals surface area contributed by atoms with Crippen molar-refractivity contribution in [2.75, 3.05) is 5.01 Å². The molecule has 0 bridgehead atoms. The van der Waals surface area contributed by atoms with E-state index < -0.39 is 23.9 Å². The third-order valence-corrected chi connectivity index (χ3v) is 2.21. The Labute approximate surface area is 96.0 Å². The van der Waals surface area contributed by atoms with Crippen molar-refractivity contribution in [1.82, 2.24) is 10.7 Å². The molecule has 1 aliphatic heterocycles. The van der Waals surface area contributed by atoms with E-state index in [1.165, 1.54) is 0 Å². The van der Waals surface area contributed by atoms with Gasteiger partial charge in [-0.05, 0) is 12.1 Å². The zero-order chi connectivity index (χ0) is 12.4. The molecular formula is C10H9N3O4. The Hall–Kier alpha value is -2.41. The maximum Gasteiger partial charge on any atom is 0.343 e. The number of para-hydroxylation sites is 1. The van der Waals surface area contributed by atoms with E-state index in [4.69, 9.17) is 5.11 Å². The van der Waals surface area contributed by atoms with Gasteiger partial charge < -0.3 is 5.11 Å². The molecule has 1 saturated heterocycles. The Morgan fingerprint density at radius 3 is 2.47 bits per heavy atom. The molecule has 1 atom stereocenters. The molecule has 3 N–H and O–H groups in total. The lowest BCUT2D eigenvalue weighted by Crippen LogP contribution is -2.66. The Morgan fingerprint density at radius 1 is 1.24 bits per heavy atom. The van der Waals surface area contributed by atoms with Crippen molar-refractivity contribution >= 4 is 23.6 Å². The minimum absolute atomic E-state index is 0.448. The molecule has 0 aliphatic carbocycles. The number of imide groups is 1. The lowest BCUT2D eigenvalue weighted by molar-refractivity contribution is -0.144. The number of benzene rings is 1. The summed E-state index contributed by atoms with van der Waals surface area (Å²) >= 11 is 0. The van der Waals surface area contributed by atoms with Gasteiger partial charge in [0.05, 0.1) is 5.69 Å². The standard InChI is InChI=1S/C10H9N3O4/c14-8-7(9(15)16)12-13(10(17)11-8)6-4-2-1-3-5-6/h1-5,7,12H,(H,15,16)(H,11,14,17). The molecule has 1 unspecified atom stereocenters. The predicted molar refractivity (Wildman–Crippen MR) is 57.0 cm³/mol. The summed E-state index contributed by atoms with van der Waals surface area (Å²) in [7, 11) is 0. The number of carbonyl (C=O) groups is 3. The van der Waals surface area contributed by atoms with E-state index in [9.17, 15) is 14.4 Å². The molecule has 1 aromatic rings. The number of amides is 3. The van der Waals surface area contributed by atoms with E-state index >= 15 is 0 Å². The van der Waals surface area contributed by atoms with Crippen LogP contribution in [0.2, 0.25) is 0 Å². The van der Waals surface area contributed by atoms with E-state index in [1.807, 2.05) is 5.32 Å². The summed E-state index contributed by atoms with van der Waals surface area (Å²) in [5.74, 6) is -2.23. The SMILES string of the molecule is O=C(O)C1NN(c2ccccc2)C(=O)NC1=O. The van der Waals surface area contributed by atoms with Gasteiger partial charge in [-0.1, -0.05) is 18.2 Å². The van der Waals surface area contributed by atoms with Crippen molar-refractivity contribution in [2.24, 2.45) is 0 Å². The number of hydrogen-bond acceptors (Lipinski definition) is 4. The molecule has 3 amide bonds.